The van der Waals surface area contributed by atoms with Crippen molar-refractivity contribution in [1.82, 2.24) is 15.6 Å². The van der Waals surface area contributed by atoms with Gasteiger partial charge in [-0.25, -0.2) is 0 Å². The fourth-order valence-corrected chi connectivity index (χ4v) is 4.07. The minimum atomic E-state index is -0.399. The van der Waals surface area contributed by atoms with Gasteiger partial charge in [-0.3, -0.25) is 9.59 Å². The average molecular weight is 364 g/mol. The van der Waals surface area contributed by atoms with Crippen LogP contribution in [-0.2, 0) is 4.79 Å². The summed E-state index contributed by atoms with van der Waals surface area (Å²) in [5.41, 5.74) is 1.52. The van der Waals surface area contributed by atoms with E-state index >= 15 is 0 Å². The number of nitriles is 1. The monoisotopic (exact) mass is 364 g/mol. The summed E-state index contributed by atoms with van der Waals surface area (Å²) in [7, 11) is 0. The predicted octanol–water partition coefficient (Wildman–Crippen LogP) is 2.87. The molecule has 140 valence electrons. The van der Waals surface area contributed by atoms with Crippen molar-refractivity contribution < 1.29 is 9.59 Å². The number of H-pyrrole nitrogens is 1. The third kappa shape index (κ3) is 3.68. The van der Waals surface area contributed by atoms with Gasteiger partial charge < -0.3 is 15.6 Å². The number of fused-ring (bicyclic) bond motifs is 1. The summed E-state index contributed by atoms with van der Waals surface area (Å²) in [6.45, 7) is 0. The first-order valence-electron chi connectivity index (χ1n) is 9.74. The second-order valence-corrected chi connectivity index (χ2v) is 7.67. The summed E-state index contributed by atoms with van der Waals surface area (Å²) in [5, 5.41) is 16.1. The van der Waals surface area contributed by atoms with Crippen molar-refractivity contribution in [2.75, 3.05) is 0 Å². The summed E-state index contributed by atoms with van der Waals surface area (Å²) >= 11 is 0. The van der Waals surface area contributed by atoms with Crippen molar-refractivity contribution in [2.24, 2.45) is 11.8 Å². The summed E-state index contributed by atoms with van der Waals surface area (Å²) in [4.78, 5) is 28.7. The number of carbonyl (C=O) groups is 2. The maximum Gasteiger partial charge on any atom is 0.253 e. The second-order valence-electron chi connectivity index (χ2n) is 7.67. The lowest BCUT2D eigenvalue weighted by atomic mass is 9.83. The van der Waals surface area contributed by atoms with E-state index in [-0.39, 0.29) is 23.8 Å². The number of rotatable bonds is 5. The molecule has 6 nitrogen and oxygen atoms in total. The van der Waals surface area contributed by atoms with Crippen LogP contribution in [0.2, 0.25) is 0 Å². The third-order valence-electron chi connectivity index (χ3n) is 5.78. The Hall–Kier alpha value is -2.81. The summed E-state index contributed by atoms with van der Waals surface area (Å²) in [5.74, 6) is -0.238. The van der Waals surface area contributed by atoms with Crippen LogP contribution in [-0.4, -0.2) is 28.9 Å². The standard InChI is InChI=1S/C21H24N4O2/c22-11-19(13-9-10-13)25-20(26)15-6-2-4-8-18(15)24-21(27)16-12-23-17-7-3-1-5-14(16)17/h1,3,5,7,12-13,15,18-19,23H,2,4,6,8-10H2,(H,24,27)(H,25,26)/t15-,18?,19-/m1/s1. The van der Waals surface area contributed by atoms with E-state index in [0.29, 0.717) is 11.5 Å². The van der Waals surface area contributed by atoms with Crippen molar-refractivity contribution >= 4 is 22.7 Å². The molecule has 2 fully saturated rings. The van der Waals surface area contributed by atoms with Gasteiger partial charge in [-0.1, -0.05) is 31.0 Å². The number of nitrogens with one attached hydrogen (secondary N) is 3. The van der Waals surface area contributed by atoms with Gasteiger partial charge in [0.05, 0.1) is 17.6 Å². The number of para-hydroxylation sites is 1. The van der Waals surface area contributed by atoms with Crippen molar-refractivity contribution in [3.05, 3.63) is 36.0 Å². The van der Waals surface area contributed by atoms with Crippen LogP contribution < -0.4 is 10.6 Å². The lowest BCUT2D eigenvalue weighted by Crippen LogP contribution is -2.50. The molecule has 2 amide bonds. The number of carbonyl (C=O) groups excluding carboxylic acids is 2. The normalized spacial score (nSPS) is 23.4. The third-order valence-corrected chi connectivity index (χ3v) is 5.78. The van der Waals surface area contributed by atoms with Crippen LogP contribution in [0.5, 0.6) is 0 Å². The molecular weight excluding hydrogens is 340 g/mol. The molecule has 2 aromatic rings. The average Bonchev–Trinajstić information content (AvgIpc) is 3.44. The van der Waals surface area contributed by atoms with Crippen molar-refractivity contribution in [3.8, 4) is 6.07 Å². The van der Waals surface area contributed by atoms with E-state index in [1.807, 2.05) is 24.3 Å². The largest absolute Gasteiger partial charge is 0.360 e. The Labute approximate surface area is 158 Å². The number of aromatic amines is 1. The Morgan fingerprint density at radius 1 is 1.15 bits per heavy atom. The quantitative estimate of drug-likeness (QED) is 0.761. The van der Waals surface area contributed by atoms with Crippen LogP contribution in [0.4, 0.5) is 0 Å². The highest BCUT2D eigenvalue weighted by molar-refractivity contribution is 6.06. The summed E-state index contributed by atoms with van der Waals surface area (Å²) in [6, 6.07) is 9.29. The zero-order valence-corrected chi connectivity index (χ0v) is 15.2. The molecule has 2 aliphatic carbocycles. The van der Waals surface area contributed by atoms with Crippen LogP contribution in [0, 0.1) is 23.2 Å². The molecule has 0 bridgehead atoms. The number of nitrogens with zero attached hydrogens (tertiary/aromatic N) is 1. The van der Waals surface area contributed by atoms with Gasteiger partial charge in [-0.2, -0.15) is 5.26 Å². The minimum Gasteiger partial charge on any atom is -0.360 e. The number of benzene rings is 1. The first-order valence-corrected chi connectivity index (χ1v) is 9.74. The number of amides is 2. The van der Waals surface area contributed by atoms with Crippen LogP contribution in [0.3, 0.4) is 0 Å². The highest BCUT2D eigenvalue weighted by Gasteiger charge is 2.37. The Morgan fingerprint density at radius 2 is 1.93 bits per heavy atom. The molecule has 3 atom stereocenters. The van der Waals surface area contributed by atoms with Gasteiger partial charge in [0.1, 0.15) is 6.04 Å². The van der Waals surface area contributed by atoms with Gasteiger partial charge in [-0.05, 0) is 37.7 Å². The molecule has 4 rings (SSSR count). The van der Waals surface area contributed by atoms with Gasteiger partial charge in [0.2, 0.25) is 5.91 Å². The fourth-order valence-electron chi connectivity index (χ4n) is 4.07. The first kappa shape index (κ1) is 17.6. The van der Waals surface area contributed by atoms with E-state index in [4.69, 9.17) is 0 Å². The molecule has 6 heteroatoms. The molecule has 3 N–H and O–H groups in total. The molecule has 1 aromatic carbocycles. The van der Waals surface area contributed by atoms with Gasteiger partial charge in [-0.15, -0.1) is 0 Å². The Morgan fingerprint density at radius 3 is 2.70 bits per heavy atom. The zero-order valence-electron chi connectivity index (χ0n) is 15.2. The van der Waals surface area contributed by atoms with E-state index in [1.165, 1.54) is 0 Å². The van der Waals surface area contributed by atoms with E-state index < -0.39 is 6.04 Å². The SMILES string of the molecule is N#C[C@@H](NC(=O)[C@@H]1CCCCC1NC(=O)c1c[nH]c2ccccc12)C1CC1. The van der Waals surface area contributed by atoms with Crippen molar-refractivity contribution in [2.45, 2.75) is 50.6 Å². The lowest BCUT2D eigenvalue weighted by Gasteiger charge is -2.31. The van der Waals surface area contributed by atoms with Gasteiger partial charge >= 0.3 is 0 Å². The van der Waals surface area contributed by atoms with Gasteiger partial charge in [0, 0.05) is 23.1 Å². The number of aromatic nitrogens is 1. The second kappa shape index (κ2) is 7.43. The van der Waals surface area contributed by atoms with Crippen LogP contribution in [0.25, 0.3) is 10.9 Å². The van der Waals surface area contributed by atoms with Crippen molar-refractivity contribution in [1.29, 1.82) is 5.26 Å². The maximum absolute atomic E-state index is 12.8. The topological polar surface area (TPSA) is 97.8 Å². The molecule has 2 saturated carbocycles. The van der Waals surface area contributed by atoms with Crippen molar-refractivity contribution in [3.63, 3.8) is 0 Å². The molecule has 1 heterocycles. The molecule has 1 unspecified atom stereocenters. The van der Waals surface area contributed by atoms with E-state index in [2.05, 4.69) is 21.7 Å². The number of hydrogen-bond donors (Lipinski definition) is 3. The van der Waals surface area contributed by atoms with Gasteiger partial charge in [0.25, 0.3) is 5.91 Å². The first-order chi connectivity index (χ1) is 13.2. The molecule has 27 heavy (non-hydrogen) atoms. The molecular formula is C21H24N4O2. The molecule has 2 aliphatic rings. The highest BCUT2D eigenvalue weighted by Crippen LogP contribution is 2.33. The maximum atomic E-state index is 12.8. The summed E-state index contributed by atoms with van der Waals surface area (Å²) in [6.07, 6.45) is 7.22. The summed E-state index contributed by atoms with van der Waals surface area (Å²) < 4.78 is 0. The van der Waals surface area contributed by atoms with E-state index in [9.17, 15) is 14.9 Å². The van der Waals surface area contributed by atoms with E-state index in [0.717, 1.165) is 49.4 Å². The minimum absolute atomic E-state index is 0.0997. The Kier molecular flexibility index (Phi) is 4.85. The zero-order chi connectivity index (χ0) is 18.8. The van der Waals surface area contributed by atoms with Crippen LogP contribution >= 0.6 is 0 Å². The highest BCUT2D eigenvalue weighted by atomic mass is 16.2. The molecule has 1 aromatic heterocycles. The Bertz CT molecular complexity index is 893. The van der Waals surface area contributed by atoms with E-state index in [1.54, 1.807) is 6.20 Å². The fraction of sp³-hybridized carbons (Fsp3) is 0.476. The molecule has 0 radical (unpaired) electrons. The van der Waals surface area contributed by atoms with Crippen LogP contribution in [0.1, 0.15) is 48.9 Å². The molecule has 0 aliphatic heterocycles. The number of hydrogen-bond acceptors (Lipinski definition) is 3. The molecule has 0 spiro atoms. The predicted molar refractivity (Wildman–Crippen MR) is 102 cm³/mol. The molecule has 0 saturated heterocycles. The van der Waals surface area contributed by atoms with Crippen LogP contribution in [0.15, 0.2) is 30.5 Å². The smallest absolute Gasteiger partial charge is 0.253 e. The lowest BCUT2D eigenvalue weighted by molar-refractivity contribution is -0.127. The Balaban J connectivity index is 1.46. The van der Waals surface area contributed by atoms with Gasteiger partial charge in [0.15, 0.2) is 0 Å².